The zero-order chi connectivity index (χ0) is 12.3. The molecule has 2 rings (SSSR count). The van der Waals surface area contributed by atoms with Crippen molar-refractivity contribution >= 4 is 17.3 Å². The molecule has 0 saturated carbocycles. The van der Waals surface area contributed by atoms with E-state index in [1.165, 1.54) is 0 Å². The van der Waals surface area contributed by atoms with Crippen LogP contribution in [0.2, 0.25) is 5.02 Å². The van der Waals surface area contributed by atoms with Crippen molar-refractivity contribution in [2.75, 3.05) is 12.8 Å². The fourth-order valence-corrected chi connectivity index (χ4v) is 2.05. The van der Waals surface area contributed by atoms with E-state index in [4.69, 9.17) is 17.3 Å². The van der Waals surface area contributed by atoms with E-state index < -0.39 is 0 Å². The van der Waals surface area contributed by atoms with Gasteiger partial charge in [0, 0.05) is 28.7 Å². The Morgan fingerprint density at radius 3 is 2.82 bits per heavy atom. The Hall–Kier alpha value is -1.58. The highest BCUT2D eigenvalue weighted by Gasteiger charge is 2.14. The maximum absolute atomic E-state index is 6.00. The maximum Gasteiger partial charge on any atom is 0.0610 e. The first-order valence-corrected chi connectivity index (χ1v) is 5.72. The second-order valence-electron chi connectivity index (χ2n) is 3.78. The summed E-state index contributed by atoms with van der Waals surface area (Å²) in [4.78, 5) is 4.11. The van der Waals surface area contributed by atoms with Crippen molar-refractivity contribution in [1.82, 2.24) is 10.3 Å². The number of anilines is 1. The molecule has 1 aromatic carbocycles. The summed E-state index contributed by atoms with van der Waals surface area (Å²) in [5, 5.41) is 3.94. The Kier molecular flexibility index (Phi) is 3.61. The van der Waals surface area contributed by atoms with Gasteiger partial charge in [0.05, 0.1) is 6.04 Å². The van der Waals surface area contributed by atoms with Gasteiger partial charge >= 0.3 is 0 Å². The van der Waals surface area contributed by atoms with Gasteiger partial charge in [-0.05, 0) is 30.8 Å². The van der Waals surface area contributed by atoms with Crippen LogP contribution >= 0.6 is 11.6 Å². The molecule has 0 amide bonds. The van der Waals surface area contributed by atoms with Gasteiger partial charge in [-0.1, -0.05) is 23.7 Å². The van der Waals surface area contributed by atoms with Crippen molar-refractivity contribution in [2.24, 2.45) is 0 Å². The molecule has 1 aromatic heterocycles. The number of halogens is 1. The molecule has 0 saturated heterocycles. The van der Waals surface area contributed by atoms with Gasteiger partial charge in [0.25, 0.3) is 0 Å². The predicted octanol–water partition coefficient (Wildman–Crippen LogP) is 2.63. The van der Waals surface area contributed by atoms with Gasteiger partial charge in [0.15, 0.2) is 0 Å². The molecule has 0 aliphatic heterocycles. The number of hydrogen-bond acceptors (Lipinski definition) is 3. The highest BCUT2D eigenvalue weighted by atomic mass is 35.5. The van der Waals surface area contributed by atoms with E-state index in [0.717, 1.165) is 16.8 Å². The van der Waals surface area contributed by atoms with Crippen molar-refractivity contribution < 1.29 is 0 Å². The Balaban J connectivity index is 2.44. The molecule has 4 heteroatoms. The van der Waals surface area contributed by atoms with Gasteiger partial charge in [-0.15, -0.1) is 0 Å². The lowest BCUT2D eigenvalue weighted by Gasteiger charge is -2.18. The number of nitrogens with zero attached hydrogens (tertiary/aromatic N) is 1. The molecule has 3 N–H and O–H groups in total. The molecular weight excluding hydrogens is 234 g/mol. The lowest BCUT2D eigenvalue weighted by Crippen LogP contribution is -2.19. The number of aromatic nitrogens is 1. The summed E-state index contributed by atoms with van der Waals surface area (Å²) in [7, 11) is 1.89. The summed E-state index contributed by atoms with van der Waals surface area (Å²) < 4.78 is 0. The van der Waals surface area contributed by atoms with Gasteiger partial charge < -0.3 is 11.1 Å². The molecule has 3 nitrogen and oxygen atoms in total. The van der Waals surface area contributed by atoms with Crippen LogP contribution < -0.4 is 11.1 Å². The van der Waals surface area contributed by atoms with Crippen LogP contribution in [0, 0.1) is 0 Å². The number of benzene rings is 1. The number of hydrogen-bond donors (Lipinski definition) is 2. The van der Waals surface area contributed by atoms with Crippen molar-refractivity contribution in [3.8, 4) is 0 Å². The average Bonchev–Trinajstić information content (AvgIpc) is 2.33. The fraction of sp³-hybridized carbons (Fsp3) is 0.154. The van der Waals surface area contributed by atoms with E-state index in [1.807, 2.05) is 31.3 Å². The smallest absolute Gasteiger partial charge is 0.0610 e. The van der Waals surface area contributed by atoms with Crippen LogP contribution in [0.4, 0.5) is 5.69 Å². The van der Waals surface area contributed by atoms with Crippen LogP contribution in [0.15, 0.2) is 42.7 Å². The summed E-state index contributed by atoms with van der Waals surface area (Å²) in [6, 6.07) is 9.51. The molecule has 17 heavy (non-hydrogen) atoms. The monoisotopic (exact) mass is 247 g/mol. The molecule has 0 radical (unpaired) electrons. The van der Waals surface area contributed by atoms with Crippen LogP contribution in [-0.2, 0) is 0 Å². The minimum Gasteiger partial charge on any atom is -0.398 e. The Bertz CT molecular complexity index is 514. The van der Waals surface area contributed by atoms with Crippen LogP contribution in [0.1, 0.15) is 17.2 Å². The number of rotatable bonds is 3. The Labute approximate surface area is 106 Å². The molecule has 0 aliphatic rings. The minimum absolute atomic E-state index is 0.00222. The molecule has 0 spiro atoms. The summed E-state index contributed by atoms with van der Waals surface area (Å²) >= 11 is 6.00. The van der Waals surface area contributed by atoms with E-state index in [1.54, 1.807) is 18.5 Å². The zero-order valence-corrected chi connectivity index (χ0v) is 10.3. The lowest BCUT2D eigenvalue weighted by molar-refractivity contribution is 0.691. The summed E-state index contributed by atoms with van der Waals surface area (Å²) in [5.41, 5.74) is 8.71. The van der Waals surface area contributed by atoms with Crippen LogP contribution in [-0.4, -0.2) is 12.0 Å². The summed E-state index contributed by atoms with van der Waals surface area (Å²) in [6.45, 7) is 0. The largest absolute Gasteiger partial charge is 0.398 e. The second-order valence-corrected chi connectivity index (χ2v) is 4.22. The molecule has 0 fully saturated rings. The van der Waals surface area contributed by atoms with Gasteiger partial charge in [0.1, 0.15) is 0 Å². The van der Waals surface area contributed by atoms with E-state index in [-0.39, 0.29) is 6.04 Å². The van der Waals surface area contributed by atoms with Gasteiger partial charge in [-0.3, -0.25) is 4.98 Å². The van der Waals surface area contributed by atoms with E-state index >= 15 is 0 Å². The second kappa shape index (κ2) is 5.17. The summed E-state index contributed by atoms with van der Waals surface area (Å²) in [6.07, 6.45) is 3.46. The zero-order valence-electron chi connectivity index (χ0n) is 9.52. The first kappa shape index (κ1) is 11.9. The molecule has 0 aliphatic carbocycles. The predicted molar refractivity (Wildman–Crippen MR) is 71.0 cm³/mol. The number of nitrogens with two attached hydrogens (primary N) is 1. The number of nitrogens with one attached hydrogen (secondary N) is 1. The van der Waals surface area contributed by atoms with Gasteiger partial charge in [-0.25, -0.2) is 0 Å². The van der Waals surface area contributed by atoms with Crippen molar-refractivity contribution in [3.05, 3.63) is 58.9 Å². The standard InChI is InChI=1S/C13H14ClN3/c1-16-13(9-3-2-4-10(14)7-9)11-8-17-6-5-12(11)15/h2-8,13,16H,1H3,(H2,15,17). The lowest BCUT2D eigenvalue weighted by atomic mass is 9.99. The van der Waals surface area contributed by atoms with Gasteiger partial charge in [0.2, 0.25) is 0 Å². The molecular formula is C13H14ClN3. The molecule has 2 aromatic rings. The molecule has 1 atom stereocenters. The van der Waals surface area contributed by atoms with Crippen LogP contribution in [0.5, 0.6) is 0 Å². The number of nitrogen functional groups attached to an aromatic ring is 1. The normalized spacial score (nSPS) is 12.4. The molecule has 1 unspecified atom stereocenters. The third-order valence-electron chi connectivity index (χ3n) is 2.67. The highest BCUT2D eigenvalue weighted by Crippen LogP contribution is 2.26. The number of pyridine rings is 1. The fourth-order valence-electron chi connectivity index (χ4n) is 1.85. The third-order valence-corrected chi connectivity index (χ3v) is 2.90. The molecule has 0 bridgehead atoms. The van der Waals surface area contributed by atoms with E-state index in [0.29, 0.717) is 5.02 Å². The van der Waals surface area contributed by atoms with Crippen molar-refractivity contribution in [2.45, 2.75) is 6.04 Å². The first-order valence-electron chi connectivity index (χ1n) is 5.34. The third kappa shape index (κ3) is 2.57. The van der Waals surface area contributed by atoms with Crippen molar-refractivity contribution in [1.29, 1.82) is 0 Å². The topological polar surface area (TPSA) is 50.9 Å². The Morgan fingerprint density at radius 2 is 2.18 bits per heavy atom. The quantitative estimate of drug-likeness (QED) is 0.877. The summed E-state index contributed by atoms with van der Waals surface area (Å²) in [5.74, 6) is 0. The van der Waals surface area contributed by atoms with Crippen molar-refractivity contribution in [3.63, 3.8) is 0 Å². The van der Waals surface area contributed by atoms with Crippen LogP contribution in [0.25, 0.3) is 0 Å². The first-order chi connectivity index (χ1) is 8.22. The van der Waals surface area contributed by atoms with Crippen LogP contribution in [0.3, 0.4) is 0 Å². The SMILES string of the molecule is CNC(c1cccc(Cl)c1)c1cnccc1N. The van der Waals surface area contributed by atoms with Gasteiger partial charge in [-0.2, -0.15) is 0 Å². The van der Waals surface area contributed by atoms with E-state index in [2.05, 4.69) is 10.3 Å². The van der Waals surface area contributed by atoms with E-state index in [9.17, 15) is 0 Å². The minimum atomic E-state index is 0.00222. The molecule has 88 valence electrons. The molecule has 1 heterocycles. The average molecular weight is 248 g/mol. The highest BCUT2D eigenvalue weighted by molar-refractivity contribution is 6.30. The Morgan fingerprint density at radius 1 is 1.35 bits per heavy atom. The maximum atomic E-state index is 6.00.